The van der Waals surface area contributed by atoms with Gasteiger partial charge in [-0.1, -0.05) is 6.07 Å². The maximum Gasteiger partial charge on any atom is 0.316 e. The maximum atomic E-state index is 11.0. The number of rotatable bonds is 3. The van der Waals surface area contributed by atoms with Gasteiger partial charge in [0.2, 0.25) is 0 Å². The van der Waals surface area contributed by atoms with Crippen LogP contribution in [0.5, 0.6) is 0 Å². The van der Waals surface area contributed by atoms with Gasteiger partial charge < -0.3 is 5.11 Å². The van der Waals surface area contributed by atoms with E-state index in [9.17, 15) is 8.42 Å². The number of aromatic nitrogens is 1. The summed E-state index contributed by atoms with van der Waals surface area (Å²) in [5, 5.41) is 8.02. The highest BCUT2D eigenvalue weighted by molar-refractivity contribution is 7.86. The van der Waals surface area contributed by atoms with Gasteiger partial charge >= 0.3 is 10.1 Å². The Kier molecular flexibility index (Phi) is 2.74. The molecule has 0 aliphatic heterocycles. The quantitative estimate of drug-likeness (QED) is 0.523. The predicted octanol–water partition coefficient (Wildman–Crippen LogP) is -0.263. The van der Waals surface area contributed by atoms with Crippen molar-refractivity contribution in [1.82, 2.24) is 4.98 Å². The van der Waals surface area contributed by atoms with E-state index < -0.39 is 16.9 Å². The smallest absolute Gasteiger partial charge is 0.316 e. The lowest BCUT2D eigenvalue weighted by atomic mass is 10.5. The first-order chi connectivity index (χ1) is 5.67. The third kappa shape index (κ3) is 2.00. The minimum Gasteiger partial charge on any atom is -0.369 e. The fraction of sp³-hybridized carbons (Fsp3) is 0.167. The number of hydrogen-bond donors (Lipinski definition) is 1. The molecule has 0 aliphatic carbocycles. The third-order valence-corrected chi connectivity index (χ3v) is 2.27. The molecular weight excluding hydrogens is 182 g/mol. The van der Waals surface area contributed by atoms with E-state index in [4.69, 9.17) is 5.11 Å². The highest BCUT2D eigenvalue weighted by Crippen LogP contribution is 2.06. The Morgan fingerprint density at radius 1 is 1.50 bits per heavy atom. The topological polar surface area (TPSA) is 76.5 Å². The van der Waals surface area contributed by atoms with Gasteiger partial charge in [-0.15, -0.1) is 0 Å². The van der Waals surface area contributed by atoms with Gasteiger partial charge in [-0.2, -0.15) is 8.42 Å². The van der Waals surface area contributed by atoms with Crippen molar-refractivity contribution in [2.45, 2.75) is 5.03 Å². The largest absolute Gasteiger partial charge is 0.369 e. The molecule has 0 spiro atoms. The van der Waals surface area contributed by atoms with Crippen LogP contribution in [0.1, 0.15) is 0 Å². The highest BCUT2D eigenvalue weighted by atomic mass is 32.2. The van der Waals surface area contributed by atoms with E-state index in [0.717, 1.165) is 0 Å². The average Bonchev–Trinajstić information content (AvgIpc) is 2.06. The van der Waals surface area contributed by atoms with Crippen LogP contribution in [0.25, 0.3) is 0 Å². The van der Waals surface area contributed by atoms with Gasteiger partial charge in [-0.25, -0.2) is 9.17 Å². The number of pyridine rings is 1. The SMILES string of the molecule is O=S(=O)(OCO)c1ccccn1. The zero-order valence-electron chi connectivity index (χ0n) is 6.04. The van der Waals surface area contributed by atoms with Gasteiger partial charge in [0.15, 0.2) is 11.8 Å². The van der Waals surface area contributed by atoms with Gasteiger partial charge in [0.25, 0.3) is 0 Å². The van der Waals surface area contributed by atoms with Crippen LogP contribution in [0.15, 0.2) is 29.4 Å². The summed E-state index contributed by atoms with van der Waals surface area (Å²) in [6.45, 7) is -0.876. The molecule has 0 fully saturated rings. The summed E-state index contributed by atoms with van der Waals surface area (Å²) < 4.78 is 26.1. The van der Waals surface area contributed by atoms with E-state index in [0.29, 0.717) is 0 Å². The Labute approximate surface area is 69.8 Å². The predicted molar refractivity (Wildman–Crippen MR) is 39.6 cm³/mol. The van der Waals surface area contributed by atoms with Crippen LogP contribution >= 0.6 is 0 Å². The van der Waals surface area contributed by atoms with Crippen molar-refractivity contribution in [1.29, 1.82) is 0 Å². The number of hydrogen-bond acceptors (Lipinski definition) is 5. The Hall–Kier alpha value is -0.980. The second-order valence-corrected chi connectivity index (χ2v) is 3.43. The molecule has 0 bridgehead atoms. The fourth-order valence-corrected chi connectivity index (χ4v) is 1.32. The van der Waals surface area contributed by atoms with Crippen LogP contribution in [-0.4, -0.2) is 25.3 Å². The summed E-state index contributed by atoms with van der Waals surface area (Å²) >= 11 is 0. The van der Waals surface area contributed by atoms with Crippen molar-refractivity contribution >= 4 is 10.1 Å². The maximum absolute atomic E-state index is 11.0. The van der Waals surface area contributed by atoms with Crippen molar-refractivity contribution in [3.63, 3.8) is 0 Å². The highest BCUT2D eigenvalue weighted by Gasteiger charge is 2.14. The van der Waals surface area contributed by atoms with Crippen molar-refractivity contribution in [2.24, 2.45) is 0 Å². The lowest BCUT2D eigenvalue weighted by molar-refractivity contribution is 0.104. The number of aliphatic hydroxyl groups is 1. The van der Waals surface area contributed by atoms with Crippen molar-refractivity contribution in [3.8, 4) is 0 Å². The minimum absolute atomic E-state index is 0.209. The lowest BCUT2D eigenvalue weighted by Gasteiger charge is -1.99. The summed E-state index contributed by atoms with van der Waals surface area (Å²) in [6, 6.07) is 4.38. The van der Waals surface area contributed by atoms with E-state index in [1.54, 1.807) is 6.07 Å². The second kappa shape index (κ2) is 3.61. The zero-order chi connectivity index (χ0) is 9.03. The first kappa shape index (κ1) is 9.11. The summed E-state index contributed by atoms with van der Waals surface area (Å²) in [5.74, 6) is 0. The van der Waals surface area contributed by atoms with Gasteiger partial charge in [-0.05, 0) is 12.1 Å². The van der Waals surface area contributed by atoms with Crippen LogP contribution < -0.4 is 0 Å². The first-order valence-corrected chi connectivity index (χ1v) is 4.49. The molecule has 6 heteroatoms. The van der Waals surface area contributed by atoms with Crippen molar-refractivity contribution in [3.05, 3.63) is 24.4 Å². The van der Waals surface area contributed by atoms with E-state index >= 15 is 0 Å². The summed E-state index contributed by atoms with van der Waals surface area (Å²) in [6.07, 6.45) is 1.33. The molecule has 1 aromatic heterocycles. The van der Waals surface area contributed by atoms with Gasteiger partial charge in [0.05, 0.1) is 0 Å². The van der Waals surface area contributed by atoms with E-state index in [2.05, 4.69) is 9.17 Å². The molecule has 12 heavy (non-hydrogen) atoms. The molecule has 0 radical (unpaired) electrons. The van der Waals surface area contributed by atoms with Crippen LogP contribution in [0.4, 0.5) is 0 Å². The molecule has 1 heterocycles. The standard InChI is InChI=1S/C6H7NO4S/c8-5-11-12(9,10)6-3-1-2-4-7-6/h1-4,8H,5H2. The zero-order valence-corrected chi connectivity index (χ0v) is 6.86. The van der Waals surface area contributed by atoms with Crippen LogP contribution in [0, 0.1) is 0 Å². The summed E-state index contributed by atoms with van der Waals surface area (Å²) in [7, 11) is -3.87. The van der Waals surface area contributed by atoms with Gasteiger partial charge in [0, 0.05) is 6.20 Å². The Morgan fingerprint density at radius 3 is 2.75 bits per heavy atom. The monoisotopic (exact) mass is 189 g/mol. The van der Waals surface area contributed by atoms with Gasteiger partial charge in [0.1, 0.15) is 0 Å². The molecule has 0 saturated heterocycles. The van der Waals surface area contributed by atoms with Crippen LogP contribution in [0.2, 0.25) is 0 Å². The van der Waals surface area contributed by atoms with Crippen molar-refractivity contribution < 1.29 is 17.7 Å². The van der Waals surface area contributed by atoms with Crippen LogP contribution in [-0.2, 0) is 14.3 Å². The van der Waals surface area contributed by atoms with Crippen LogP contribution in [0.3, 0.4) is 0 Å². The third-order valence-electron chi connectivity index (χ3n) is 1.10. The Balaban J connectivity index is 2.99. The molecule has 0 aromatic carbocycles. The molecule has 1 N–H and O–H groups in total. The molecule has 1 aromatic rings. The van der Waals surface area contributed by atoms with E-state index in [-0.39, 0.29) is 5.03 Å². The molecule has 0 aliphatic rings. The van der Waals surface area contributed by atoms with E-state index in [1.807, 2.05) is 0 Å². The number of nitrogens with zero attached hydrogens (tertiary/aromatic N) is 1. The molecule has 0 amide bonds. The molecule has 66 valence electrons. The van der Waals surface area contributed by atoms with E-state index in [1.165, 1.54) is 18.3 Å². The molecular formula is C6H7NO4S. The van der Waals surface area contributed by atoms with Crippen molar-refractivity contribution in [2.75, 3.05) is 6.79 Å². The fourth-order valence-electron chi connectivity index (χ4n) is 0.625. The Bertz CT molecular complexity index is 334. The molecule has 0 atom stereocenters. The number of aliphatic hydroxyl groups excluding tert-OH is 1. The second-order valence-electron chi connectivity index (χ2n) is 1.87. The normalized spacial score (nSPS) is 11.4. The summed E-state index contributed by atoms with van der Waals surface area (Å²) in [4.78, 5) is 3.54. The molecule has 0 saturated carbocycles. The van der Waals surface area contributed by atoms with Gasteiger partial charge in [-0.3, -0.25) is 0 Å². The summed E-state index contributed by atoms with van der Waals surface area (Å²) in [5.41, 5.74) is 0. The molecule has 0 unspecified atom stereocenters. The Morgan fingerprint density at radius 2 is 2.25 bits per heavy atom. The minimum atomic E-state index is -3.87. The lowest BCUT2D eigenvalue weighted by Crippen LogP contribution is -2.08. The molecule has 1 rings (SSSR count). The molecule has 5 nitrogen and oxygen atoms in total. The average molecular weight is 189 g/mol. The first-order valence-electron chi connectivity index (χ1n) is 3.08.